The van der Waals surface area contributed by atoms with E-state index in [0.29, 0.717) is 5.56 Å². The third-order valence-corrected chi connectivity index (χ3v) is 2.45. The molecule has 4 nitrogen and oxygen atoms in total. The van der Waals surface area contributed by atoms with Gasteiger partial charge < -0.3 is 5.73 Å². The van der Waals surface area contributed by atoms with Crippen LogP contribution in [0.25, 0.3) is 0 Å². The van der Waals surface area contributed by atoms with Crippen molar-refractivity contribution in [1.82, 2.24) is 0 Å². The van der Waals surface area contributed by atoms with Gasteiger partial charge in [-0.2, -0.15) is 8.42 Å². The normalized spacial score (nSPS) is 13.9. The van der Waals surface area contributed by atoms with Crippen LogP contribution >= 0.6 is 0 Å². The molecule has 0 saturated heterocycles. The average Bonchev–Trinajstić information content (AvgIpc) is 2.01. The Labute approximate surface area is 81.3 Å². The fourth-order valence-electron chi connectivity index (χ4n) is 1.06. The summed E-state index contributed by atoms with van der Waals surface area (Å²) in [5, 5.41) is 0. The minimum atomic E-state index is -4.13. The summed E-state index contributed by atoms with van der Waals surface area (Å²) in [4.78, 5) is 0. The number of halogens is 1. The van der Waals surface area contributed by atoms with Crippen molar-refractivity contribution in [3.63, 3.8) is 0 Å². The Bertz CT molecular complexity index is 418. The third kappa shape index (κ3) is 3.41. The molecule has 0 spiro atoms. The summed E-state index contributed by atoms with van der Waals surface area (Å²) in [6, 6.07) is 4.37. The maximum Gasteiger partial charge on any atom is 0.266 e. The molecule has 0 radical (unpaired) electrons. The molecular weight excluding hydrogens is 209 g/mol. The lowest BCUT2D eigenvalue weighted by atomic mass is 10.1. The summed E-state index contributed by atoms with van der Waals surface area (Å²) in [7, 11) is -4.13. The predicted octanol–water partition coefficient (Wildman–Crippen LogP) is 0.713. The first-order valence-corrected chi connectivity index (χ1v) is 5.45. The zero-order valence-corrected chi connectivity index (χ0v) is 8.04. The molecule has 0 saturated carbocycles. The van der Waals surface area contributed by atoms with Crippen LogP contribution in [-0.4, -0.2) is 18.7 Å². The molecule has 1 rings (SSSR count). The van der Waals surface area contributed by atoms with Gasteiger partial charge in [0.05, 0.1) is 5.75 Å². The molecule has 6 heteroatoms. The van der Waals surface area contributed by atoms with Gasteiger partial charge in [0, 0.05) is 6.04 Å². The molecule has 0 bridgehead atoms. The number of hydrogen-bond acceptors (Lipinski definition) is 3. The van der Waals surface area contributed by atoms with Crippen molar-refractivity contribution in [1.29, 1.82) is 0 Å². The van der Waals surface area contributed by atoms with Gasteiger partial charge in [0.25, 0.3) is 10.1 Å². The van der Waals surface area contributed by atoms with Crippen LogP contribution < -0.4 is 5.73 Å². The van der Waals surface area contributed by atoms with Gasteiger partial charge in [0.1, 0.15) is 5.82 Å². The molecular formula is C8H10FNO3S. The minimum Gasteiger partial charge on any atom is -0.323 e. The lowest BCUT2D eigenvalue weighted by Crippen LogP contribution is -2.21. The molecule has 3 N–H and O–H groups in total. The van der Waals surface area contributed by atoms with E-state index in [9.17, 15) is 12.8 Å². The molecule has 0 aliphatic rings. The Morgan fingerprint density at radius 1 is 1.50 bits per heavy atom. The highest BCUT2D eigenvalue weighted by Crippen LogP contribution is 2.13. The Morgan fingerprint density at radius 2 is 2.14 bits per heavy atom. The number of hydrogen-bond donors (Lipinski definition) is 2. The monoisotopic (exact) mass is 219 g/mol. The summed E-state index contributed by atoms with van der Waals surface area (Å²) in [5.41, 5.74) is 5.78. The zero-order valence-electron chi connectivity index (χ0n) is 7.22. The van der Waals surface area contributed by atoms with Crippen molar-refractivity contribution in [3.05, 3.63) is 35.6 Å². The standard InChI is InChI=1S/C8H10FNO3S/c9-7-3-1-2-6(4-7)8(10)5-14(11,12)13/h1-4,8H,5,10H2,(H,11,12,13). The second-order valence-electron chi connectivity index (χ2n) is 2.91. The SMILES string of the molecule is NC(CS(=O)(=O)O)c1cccc(F)c1. The van der Waals surface area contributed by atoms with E-state index in [-0.39, 0.29) is 0 Å². The first-order chi connectivity index (χ1) is 6.38. The van der Waals surface area contributed by atoms with E-state index in [2.05, 4.69) is 0 Å². The second-order valence-corrected chi connectivity index (χ2v) is 4.41. The summed E-state index contributed by atoms with van der Waals surface area (Å²) in [5.74, 6) is -1.11. The van der Waals surface area contributed by atoms with Gasteiger partial charge in [-0.25, -0.2) is 4.39 Å². The van der Waals surface area contributed by atoms with Crippen molar-refractivity contribution >= 4 is 10.1 Å². The lowest BCUT2D eigenvalue weighted by molar-refractivity contribution is 0.477. The van der Waals surface area contributed by atoms with E-state index in [1.54, 1.807) is 0 Å². The van der Waals surface area contributed by atoms with Crippen LogP contribution in [0, 0.1) is 5.82 Å². The van der Waals surface area contributed by atoms with Crippen LogP contribution in [0.2, 0.25) is 0 Å². The highest BCUT2D eigenvalue weighted by atomic mass is 32.2. The smallest absolute Gasteiger partial charge is 0.266 e. The maximum absolute atomic E-state index is 12.7. The Balaban J connectivity index is 2.85. The molecule has 1 unspecified atom stereocenters. The minimum absolute atomic E-state index is 0.336. The van der Waals surface area contributed by atoms with Crippen LogP contribution in [0.1, 0.15) is 11.6 Å². The van der Waals surface area contributed by atoms with E-state index in [1.807, 2.05) is 0 Å². The molecule has 14 heavy (non-hydrogen) atoms. The summed E-state index contributed by atoms with van der Waals surface area (Å²) in [6.07, 6.45) is 0. The van der Waals surface area contributed by atoms with Crippen molar-refractivity contribution in [3.8, 4) is 0 Å². The fraction of sp³-hybridized carbons (Fsp3) is 0.250. The van der Waals surface area contributed by atoms with Gasteiger partial charge in [-0.1, -0.05) is 12.1 Å². The summed E-state index contributed by atoms with van der Waals surface area (Å²) in [6.45, 7) is 0. The Kier molecular flexibility index (Phi) is 3.20. The molecule has 1 aromatic rings. The lowest BCUT2D eigenvalue weighted by Gasteiger charge is -2.09. The molecule has 0 amide bonds. The molecule has 1 atom stereocenters. The topological polar surface area (TPSA) is 80.4 Å². The van der Waals surface area contributed by atoms with E-state index in [4.69, 9.17) is 10.3 Å². The van der Waals surface area contributed by atoms with Gasteiger partial charge in [-0.05, 0) is 17.7 Å². The van der Waals surface area contributed by atoms with E-state index >= 15 is 0 Å². The zero-order chi connectivity index (χ0) is 10.8. The first kappa shape index (κ1) is 11.1. The third-order valence-electron chi connectivity index (χ3n) is 1.67. The summed E-state index contributed by atoms with van der Waals surface area (Å²) < 4.78 is 42.2. The van der Waals surface area contributed by atoms with Crippen molar-refractivity contribution in [2.24, 2.45) is 5.73 Å². The largest absolute Gasteiger partial charge is 0.323 e. The maximum atomic E-state index is 12.7. The number of rotatable bonds is 3. The quantitative estimate of drug-likeness (QED) is 0.734. The molecule has 0 aliphatic heterocycles. The molecule has 0 aliphatic carbocycles. The molecule has 0 aromatic heterocycles. The van der Waals surface area contributed by atoms with E-state index in [0.717, 1.165) is 6.07 Å². The van der Waals surface area contributed by atoms with Gasteiger partial charge >= 0.3 is 0 Å². The highest BCUT2D eigenvalue weighted by molar-refractivity contribution is 7.85. The van der Waals surface area contributed by atoms with Crippen LogP contribution in [0.3, 0.4) is 0 Å². The molecule has 0 fully saturated rings. The first-order valence-electron chi connectivity index (χ1n) is 3.85. The van der Waals surface area contributed by atoms with Gasteiger partial charge in [-0.3, -0.25) is 4.55 Å². The Hall–Kier alpha value is -0.980. The van der Waals surface area contributed by atoms with E-state index < -0.39 is 27.7 Å². The van der Waals surface area contributed by atoms with Crippen molar-refractivity contribution in [2.75, 3.05) is 5.75 Å². The van der Waals surface area contributed by atoms with Crippen molar-refractivity contribution in [2.45, 2.75) is 6.04 Å². The van der Waals surface area contributed by atoms with Gasteiger partial charge in [0.15, 0.2) is 0 Å². The molecule has 1 aromatic carbocycles. The van der Waals surface area contributed by atoms with Crippen LogP contribution in [0.5, 0.6) is 0 Å². The predicted molar refractivity (Wildman–Crippen MR) is 49.7 cm³/mol. The van der Waals surface area contributed by atoms with Gasteiger partial charge in [0.2, 0.25) is 0 Å². The number of benzene rings is 1. The highest BCUT2D eigenvalue weighted by Gasteiger charge is 2.14. The van der Waals surface area contributed by atoms with Crippen LogP contribution in [0.4, 0.5) is 4.39 Å². The fourth-order valence-corrected chi connectivity index (χ4v) is 1.71. The van der Waals surface area contributed by atoms with Crippen LogP contribution in [0.15, 0.2) is 24.3 Å². The average molecular weight is 219 g/mol. The van der Waals surface area contributed by atoms with Crippen LogP contribution in [-0.2, 0) is 10.1 Å². The summed E-state index contributed by atoms with van der Waals surface area (Å²) >= 11 is 0. The molecule has 0 heterocycles. The van der Waals surface area contributed by atoms with Gasteiger partial charge in [-0.15, -0.1) is 0 Å². The van der Waals surface area contributed by atoms with Crippen molar-refractivity contribution < 1.29 is 17.4 Å². The van der Waals surface area contributed by atoms with E-state index in [1.165, 1.54) is 18.2 Å². The number of nitrogens with two attached hydrogens (primary N) is 1. The second kappa shape index (κ2) is 4.04. The Morgan fingerprint density at radius 3 is 2.64 bits per heavy atom. The molecule has 78 valence electrons.